The van der Waals surface area contributed by atoms with Gasteiger partial charge in [0.1, 0.15) is 0 Å². The van der Waals surface area contributed by atoms with Crippen molar-refractivity contribution < 1.29 is 13.2 Å². The van der Waals surface area contributed by atoms with Crippen molar-refractivity contribution in [3.05, 3.63) is 12.7 Å². The van der Waals surface area contributed by atoms with E-state index in [0.29, 0.717) is 13.0 Å². The molecule has 0 unspecified atom stereocenters. The topological polar surface area (TPSA) is 63.2 Å². The Morgan fingerprint density at radius 2 is 2.31 bits per heavy atom. The number of hydrogen-bond donors (Lipinski definition) is 1. The molecule has 0 aromatic rings. The largest absolute Gasteiger partial charge is 0.352 e. The molecule has 1 atom stereocenters. The SMILES string of the molecule is C=CCNC(=O)[C@H]1CCS(=O)(=O)C1. The fourth-order valence-electron chi connectivity index (χ4n) is 1.32. The van der Waals surface area contributed by atoms with E-state index < -0.39 is 9.84 Å². The van der Waals surface area contributed by atoms with Gasteiger partial charge in [0.2, 0.25) is 5.91 Å². The van der Waals surface area contributed by atoms with Crippen LogP contribution in [0.5, 0.6) is 0 Å². The van der Waals surface area contributed by atoms with Crippen LogP contribution in [0.3, 0.4) is 0 Å². The molecule has 74 valence electrons. The number of hydrogen-bond acceptors (Lipinski definition) is 3. The molecule has 0 radical (unpaired) electrons. The molecule has 1 aliphatic heterocycles. The molecular formula is C8H13NO3S. The zero-order chi connectivity index (χ0) is 9.90. The second-order valence-corrected chi connectivity index (χ2v) is 5.36. The van der Waals surface area contributed by atoms with Crippen LogP contribution >= 0.6 is 0 Å². The van der Waals surface area contributed by atoms with Crippen LogP contribution < -0.4 is 5.32 Å². The third kappa shape index (κ3) is 2.84. The summed E-state index contributed by atoms with van der Waals surface area (Å²) in [5.41, 5.74) is 0. The van der Waals surface area contributed by atoms with Gasteiger partial charge in [0.25, 0.3) is 0 Å². The molecule has 1 rings (SSSR count). The van der Waals surface area contributed by atoms with E-state index in [9.17, 15) is 13.2 Å². The lowest BCUT2D eigenvalue weighted by atomic mass is 10.1. The van der Waals surface area contributed by atoms with Gasteiger partial charge in [-0.05, 0) is 6.42 Å². The van der Waals surface area contributed by atoms with Crippen molar-refractivity contribution in [3.8, 4) is 0 Å². The van der Waals surface area contributed by atoms with Gasteiger partial charge in [-0.15, -0.1) is 6.58 Å². The van der Waals surface area contributed by atoms with Crippen molar-refractivity contribution in [2.75, 3.05) is 18.1 Å². The second kappa shape index (κ2) is 3.91. The molecule has 0 aromatic heterocycles. The number of nitrogens with one attached hydrogen (secondary N) is 1. The van der Waals surface area contributed by atoms with E-state index in [2.05, 4.69) is 11.9 Å². The van der Waals surface area contributed by atoms with Gasteiger partial charge >= 0.3 is 0 Å². The number of carbonyl (C=O) groups is 1. The predicted octanol–water partition coefficient (Wildman–Crippen LogP) is -0.277. The van der Waals surface area contributed by atoms with E-state index >= 15 is 0 Å². The molecule has 1 heterocycles. The van der Waals surface area contributed by atoms with Crippen molar-refractivity contribution in [2.24, 2.45) is 5.92 Å². The first kappa shape index (κ1) is 10.2. The van der Waals surface area contributed by atoms with Crippen LogP contribution in [0.2, 0.25) is 0 Å². The quantitative estimate of drug-likeness (QED) is 0.642. The zero-order valence-corrected chi connectivity index (χ0v) is 8.14. The minimum Gasteiger partial charge on any atom is -0.352 e. The standard InChI is InChI=1S/C8H13NO3S/c1-2-4-9-8(10)7-3-5-13(11,12)6-7/h2,7H,1,3-6H2,(H,9,10)/t7-/m0/s1. The average molecular weight is 203 g/mol. The Balaban J connectivity index is 2.47. The fraction of sp³-hybridized carbons (Fsp3) is 0.625. The molecule has 4 nitrogen and oxygen atoms in total. The van der Waals surface area contributed by atoms with Gasteiger partial charge in [0, 0.05) is 6.54 Å². The third-order valence-electron chi connectivity index (χ3n) is 2.02. The molecule has 0 saturated carbocycles. The molecule has 0 aliphatic carbocycles. The van der Waals surface area contributed by atoms with E-state index in [1.807, 2.05) is 0 Å². The Kier molecular flexibility index (Phi) is 3.08. The van der Waals surface area contributed by atoms with E-state index in [-0.39, 0.29) is 23.3 Å². The van der Waals surface area contributed by atoms with Gasteiger partial charge in [-0.1, -0.05) is 6.08 Å². The molecule has 1 N–H and O–H groups in total. The number of sulfone groups is 1. The van der Waals surface area contributed by atoms with Gasteiger partial charge in [-0.2, -0.15) is 0 Å². The van der Waals surface area contributed by atoms with Gasteiger partial charge in [-0.3, -0.25) is 4.79 Å². The Morgan fingerprint density at radius 3 is 2.77 bits per heavy atom. The van der Waals surface area contributed by atoms with Gasteiger partial charge in [-0.25, -0.2) is 8.42 Å². The maximum atomic E-state index is 11.3. The van der Waals surface area contributed by atoms with E-state index in [4.69, 9.17) is 0 Å². The maximum Gasteiger partial charge on any atom is 0.224 e. The van der Waals surface area contributed by atoms with Crippen LogP contribution in [0, 0.1) is 5.92 Å². The molecule has 5 heteroatoms. The summed E-state index contributed by atoms with van der Waals surface area (Å²) in [6, 6.07) is 0. The summed E-state index contributed by atoms with van der Waals surface area (Å²) in [5, 5.41) is 2.59. The van der Waals surface area contributed by atoms with Crippen molar-refractivity contribution in [2.45, 2.75) is 6.42 Å². The van der Waals surface area contributed by atoms with E-state index in [1.165, 1.54) is 0 Å². The molecule has 1 aliphatic rings. The third-order valence-corrected chi connectivity index (χ3v) is 3.79. The highest BCUT2D eigenvalue weighted by Crippen LogP contribution is 2.18. The second-order valence-electron chi connectivity index (χ2n) is 3.13. The number of amides is 1. The summed E-state index contributed by atoms with van der Waals surface area (Å²) in [4.78, 5) is 11.3. The van der Waals surface area contributed by atoms with Crippen LogP contribution in [0.4, 0.5) is 0 Å². The lowest BCUT2D eigenvalue weighted by Gasteiger charge is -2.06. The Labute approximate surface area is 77.9 Å². The predicted molar refractivity (Wildman–Crippen MR) is 50.0 cm³/mol. The van der Waals surface area contributed by atoms with Crippen molar-refractivity contribution in [1.29, 1.82) is 0 Å². The average Bonchev–Trinajstić information content (AvgIpc) is 2.42. The minimum atomic E-state index is -2.95. The number of carbonyl (C=O) groups excluding carboxylic acids is 1. The zero-order valence-electron chi connectivity index (χ0n) is 7.32. The maximum absolute atomic E-state index is 11.3. The molecule has 13 heavy (non-hydrogen) atoms. The van der Waals surface area contributed by atoms with Crippen LogP contribution in [-0.4, -0.2) is 32.4 Å². The summed E-state index contributed by atoms with van der Waals surface area (Å²) < 4.78 is 22.0. The fourth-order valence-corrected chi connectivity index (χ4v) is 3.06. The van der Waals surface area contributed by atoms with Crippen molar-refractivity contribution >= 4 is 15.7 Å². The highest BCUT2D eigenvalue weighted by atomic mass is 32.2. The number of rotatable bonds is 3. The van der Waals surface area contributed by atoms with Crippen molar-refractivity contribution in [3.63, 3.8) is 0 Å². The highest BCUT2D eigenvalue weighted by Gasteiger charge is 2.32. The Bertz CT molecular complexity index is 307. The van der Waals surface area contributed by atoms with Crippen LogP contribution in [-0.2, 0) is 14.6 Å². The van der Waals surface area contributed by atoms with Crippen LogP contribution in [0.15, 0.2) is 12.7 Å². The molecule has 1 fully saturated rings. The van der Waals surface area contributed by atoms with Crippen LogP contribution in [0.1, 0.15) is 6.42 Å². The summed E-state index contributed by atoms with van der Waals surface area (Å²) in [6.07, 6.45) is 2.02. The summed E-state index contributed by atoms with van der Waals surface area (Å²) in [6.45, 7) is 3.85. The molecular weight excluding hydrogens is 190 g/mol. The first-order chi connectivity index (χ1) is 6.05. The summed E-state index contributed by atoms with van der Waals surface area (Å²) in [7, 11) is -2.95. The molecule has 1 saturated heterocycles. The van der Waals surface area contributed by atoms with Crippen LogP contribution in [0.25, 0.3) is 0 Å². The van der Waals surface area contributed by atoms with E-state index in [0.717, 1.165) is 0 Å². The smallest absolute Gasteiger partial charge is 0.224 e. The first-order valence-electron chi connectivity index (χ1n) is 4.14. The molecule has 0 aromatic carbocycles. The molecule has 0 spiro atoms. The first-order valence-corrected chi connectivity index (χ1v) is 5.96. The molecule has 1 amide bonds. The van der Waals surface area contributed by atoms with E-state index in [1.54, 1.807) is 6.08 Å². The highest BCUT2D eigenvalue weighted by molar-refractivity contribution is 7.91. The Hall–Kier alpha value is -0.840. The summed E-state index contributed by atoms with van der Waals surface area (Å²) in [5.74, 6) is -0.402. The normalized spacial score (nSPS) is 25.4. The molecule has 0 bridgehead atoms. The summed E-state index contributed by atoms with van der Waals surface area (Å²) >= 11 is 0. The Morgan fingerprint density at radius 1 is 1.62 bits per heavy atom. The van der Waals surface area contributed by atoms with Gasteiger partial charge < -0.3 is 5.32 Å². The van der Waals surface area contributed by atoms with Gasteiger partial charge in [0.05, 0.1) is 17.4 Å². The van der Waals surface area contributed by atoms with Gasteiger partial charge in [0.15, 0.2) is 9.84 Å². The lowest BCUT2D eigenvalue weighted by molar-refractivity contribution is -0.124. The van der Waals surface area contributed by atoms with Crippen molar-refractivity contribution in [1.82, 2.24) is 5.32 Å². The monoisotopic (exact) mass is 203 g/mol. The lowest BCUT2D eigenvalue weighted by Crippen LogP contribution is -2.31. The minimum absolute atomic E-state index is 0.00399.